The van der Waals surface area contributed by atoms with Gasteiger partial charge < -0.3 is 5.11 Å². The summed E-state index contributed by atoms with van der Waals surface area (Å²) in [4.78, 5) is 12.3. The standard InChI is InChI=1S/C17H28O2S/c1-4-6-8-10-17(3,11-9-7-5-2)15-12-14(13-20-15)16(18)19/h12-13H,4-11H2,1-3H3,(H,18,19). The second-order valence-corrected chi connectivity index (χ2v) is 6.89. The smallest absolute Gasteiger partial charge is 0.336 e. The minimum absolute atomic E-state index is 0.155. The summed E-state index contributed by atoms with van der Waals surface area (Å²) in [5.41, 5.74) is 0.602. The highest BCUT2D eigenvalue weighted by Crippen LogP contribution is 2.38. The molecule has 1 aromatic rings. The molecule has 0 aliphatic rings. The van der Waals surface area contributed by atoms with Crippen LogP contribution in [0.3, 0.4) is 0 Å². The molecule has 0 saturated carbocycles. The van der Waals surface area contributed by atoms with Gasteiger partial charge in [0.1, 0.15) is 0 Å². The molecule has 2 nitrogen and oxygen atoms in total. The number of carboxylic acids is 1. The molecule has 0 amide bonds. The molecular formula is C17H28O2S. The fourth-order valence-electron chi connectivity index (χ4n) is 2.67. The fraction of sp³-hybridized carbons (Fsp3) is 0.706. The lowest BCUT2D eigenvalue weighted by Gasteiger charge is -2.29. The van der Waals surface area contributed by atoms with E-state index in [9.17, 15) is 4.79 Å². The maximum absolute atomic E-state index is 11.1. The zero-order valence-corrected chi connectivity index (χ0v) is 13.9. The van der Waals surface area contributed by atoms with Crippen molar-refractivity contribution in [2.24, 2.45) is 0 Å². The van der Waals surface area contributed by atoms with Crippen LogP contribution in [-0.4, -0.2) is 11.1 Å². The minimum Gasteiger partial charge on any atom is -0.478 e. The van der Waals surface area contributed by atoms with Gasteiger partial charge >= 0.3 is 5.97 Å². The summed E-state index contributed by atoms with van der Waals surface area (Å²) in [5.74, 6) is -0.808. The van der Waals surface area contributed by atoms with Gasteiger partial charge in [0.05, 0.1) is 5.56 Å². The third-order valence-electron chi connectivity index (χ3n) is 4.11. The van der Waals surface area contributed by atoms with Gasteiger partial charge in [0.2, 0.25) is 0 Å². The van der Waals surface area contributed by atoms with E-state index in [0.717, 1.165) is 0 Å². The highest BCUT2D eigenvalue weighted by atomic mass is 32.1. The van der Waals surface area contributed by atoms with Crippen molar-refractivity contribution >= 4 is 17.3 Å². The highest BCUT2D eigenvalue weighted by molar-refractivity contribution is 7.10. The van der Waals surface area contributed by atoms with Crippen LogP contribution in [0.4, 0.5) is 0 Å². The highest BCUT2D eigenvalue weighted by Gasteiger charge is 2.28. The van der Waals surface area contributed by atoms with Crippen LogP contribution >= 0.6 is 11.3 Å². The number of aromatic carboxylic acids is 1. The van der Waals surface area contributed by atoms with Gasteiger partial charge in [-0.3, -0.25) is 0 Å². The third-order valence-corrected chi connectivity index (χ3v) is 5.34. The first-order chi connectivity index (χ1) is 9.53. The van der Waals surface area contributed by atoms with Gasteiger partial charge in [-0.2, -0.15) is 0 Å². The van der Waals surface area contributed by atoms with Crippen LogP contribution in [-0.2, 0) is 5.41 Å². The van der Waals surface area contributed by atoms with Crippen molar-refractivity contribution in [1.82, 2.24) is 0 Å². The van der Waals surface area contributed by atoms with Crippen molar-refractivity contribution in [3.63, 3.8) is 0 Å². The van der Waals surface area contributed by atoms with Crippen LogP contribution in [0.1, 0.15) is 87.4 Å². The molecule has 1 aromatic heterocycles. The van der Waals surface area contributed by atoms with Crippen molar-refractivity contribution in [2.45, 2.75) is 77.6 Å². The molecule has 0 aliphatic heterocycles. The van der Waals surface area contributed by atoms with E-state index in [4.69, 9.17) is 5.11 Å². The van der Waals surface area contributed by atoms with E-state index in [1.54, 1.807) is 16.7 Å². The van der Waals surface area contributed by atoms with Crippen molar-refractivity contribution in [2.75, 3.05) is 0 Å². The van der Waals surface area contributed by atoms with Crippen LogP contribution in [0.15, 0.2) is 11.4 Å². The Balaban J connectivity index is 2.80. The number of rotatable bonds is 10. The average Bonchev–Trinajstić information content (AvgIpc) is 2.90. The zero-order valence-electron chi connectivity index (χ0n) is 13.1. The summed E-state index contributed by atoms with van der Waals surface area (Å²) in [5, 5.41) is 10.9. The lowest BCUT2D eigenvalue weighted by molar-refractivity contribution is 0.0697. The fourth-order valence-corrected chi connectivity index (χ4v) is 3.77. The number of hydrogen-bond donors (Lipinski definition) is 1. The summed E-state index contributed by atoms with van der Waals surface area (Å²) in [6, 6.07) is 1.89. The van der Waals surface area contributed by atoms with E-state index in [0.29, 0.717) is 5.56 Å². The van der Waals surface area contributed by atoms with E-state index in [1.165, 1.54) is 56.2 Å². The maximum atomic E-state index is 11.1. The Labute approximate surface area is 127 Å². The quantitative estimate of drug-likeness (QED) is 0.549. The first-order valence-corrected chi connectivity index (χ1v) is 8.73. The number of carboxylic acid groups (broad SMARTS) is 1. The second kappa shape index (κ2) is 8.46. The molecule has 0 unspecified atom stereocenters. The number of carbonyl (C=O) groups is 1. The molecule has 114 valence electrons. The second-order valence-electron chi connectivity index (χ2n) is 5.98. The van der Waals surface area contributed by atoms with Gasteiger partial charge in [-0.25, -0.2) is 4.79 Å². The van der Waals surface area contributed by atoms with Crippen LogP contribution in [0.2, 0.25) is 0 Å². The Kier molecular flexibility index (Phi) is 7.28. The first kappa shape index (κ1) is 17.2. The molecule has 0 aromatic carbocycles. The molecule has 20 heavy (non-hydrogen) atoms. The van der Waals surface area contributed by atoms with Crippen LogP contribution in [0, 0.1) is 0 Å². The summed E-state index contributed by atoms with van der Waals surface area (Å²) in [6.45, 7) is 6.76. The van der Waals surface area contributed by atoms with E-state index in [2.05, 4.69) is 20.8 Å². The van der Waals surface area contributed by atoms with Gasteiger partial charge in [-0.15, -0.1) is 11.3 Å². The van der Waals surface area contributed by atoms with E-state index >= 15 is 0 Å². The Morgan fingerprint density at radius 2 is 1.70 bits per heavy atom. The molecule has 1 N–H and O–H groups in total. The van der Waals surface area contributed by atoms with Crippen molar-refractivity contribution in [1.29, 1.82) is 0 Å². The maximum Gasteiger partial charge on any atom is 0.336 e. The molecule has 0 aliphatic carbocycles. The molecular weight excluding hydrogens is 268 g/mol. The molecule has 3 heteroatoms. The van der Waals surface area contributed by atoms with Gasteiger partial charge in [0.25, 0.3) is 0 Å². The van der Waals surface area contributed by atoms with Crippen molar-refractivity contribution < 1.29 is 9.90 Å². The molecule has 1 heterocycles. The van der Waals surface area contributed by atoms with Gasteiger partial charge in [-0.05, 0) is 18.9 Å². The normalized spacial score (nSPS) is 11.8. The molecule has 1 rings (SSSR count). The summed E-state index contributed by atoms with van der Waals surface area (Å²) < 4.78 is 0. The van der Waals surface area contributed by atoms with Crippen LogP contribution in [0.5, 0.6) is 0 Å². The minimum atomic E-state index is -0.808. The van der Waals surface area contributed by atoms with E-state index in [1.807, 2.05) is 6.07 Å². The molecule has 0 atom stereocenters. The summed E-state index contributed by atoms with van der Waals surface area (Å²) >= 11 is 1.62. The van der Waals surface area contributed by atoms with Crippen molar-refractivity contribution in [3.05, 3.63) is 21.9 Å². The van der Waals surface area contributed by atoms with E-state index < -0.39 is 5.97 Å². The lowest BCUT2D eigenvalue weighted by Crippen LogP contribution is -2.20. The average molecular weight is 296 g/mol. The Hall–Kier alpha value is -0.830. The van der Waals surface area contributed by atoms with Crippen LogP contribution in [0.25, 0.3) is 0 Å². The monoisotopic (exact) mass is 296 g/mol. The van der Waals surface area contributed by atoms with Crippen molar-refractivity contribution in [3.8, 4) is 0 Å². The Morgan fingerprint density at radius 1 is 1.15 bits per heavy atom. The molecule has 0 fully saturated rings. The predicted molar refractivity (Wildman–Crippen MR) is 86.9 cm³/mol. The summed E-state index contributed by atoms with van der Waals surface area (Å²) in [7, 11) is 0. The SMILES string of the molecule is CCCCCC(C)(CCCCC)c1cc(C(=O)O)cs1. The number of hydrogen-bond acceptors (Lipinski definition) is 2. The molecule has 0 saturated heterocycles. The molecule has 0 spiro atoms. The van der Waals surface area contributed by atoms with E-state index in [-0.39, 0.29) is 5.41 Å². The number of unbranched alkanes of at least 4 members (excludes halogenated alkanes) is 4. The summed E-state index contributed by atoms with van der Waals surface area (Å²) in [6.07, 6.45) is 9.81. The lowest BCUT2D eigenvalue weighted by atomic mass is 9.78. The van der Waals surface area contributed by atoms with Gasteiger partial charge in [0.15, 0.2) is 0 Å². The molecule has 0 bridgehead atoms. The third kappa shape index (κ3) is 4.93. The molecule has 0 radical (unpaired) electrons. The first-order valence-electron chi connectivity index (χ1n) is 7.85. The van der Waals surface area contributed by atoms with Crippen LogP contribution < -0.4 is 0 Å². The zero-order chi connectivity index (χ0) is 15.0. The predicted octanol–water partition coefficient (Wildman–Crippen LogP) is 5.86. The van der Waals surface area contributed by atoms with Gasteiger partial charge in [-0.1, -0.05) is 59.3 Å². The Bertz CT molecular complexity index is 399. The number of thiophene rings is 1. The van der Waals surface area contributed by atoms with Gasteiger partial charge in [0, 0.05) is 15.7 Å². The Morgan fingerprint density at radius 3 is 2.10 bits per heavy atom. The largest absolute Gasteiger partial charge is 0.478 e. The topological polar surface area (TPSA) is 37.3 Å².